The molecule has 0 atom stereocenters. The second kappa shape index (κ2) is 4.73. The summed E-state index contributed by atoms with van der Waals surface area (Å²) in [5.74, 6) is 0. The summed E-state index contributed by atoms with van der Waals surface area (Å²) >= 11 is 0. The molecule has 0 aliphatic heterocycles. The molecule has 0 aliphatic carbocycles. The van der Waals surface area contributed by atoms with E-state index in [-0.39, 0.29) is 16.5 Å². The molecule has 5 nitrogen and oxygen atoms in total. The molecule has 6 heteroatoms. The van der Waals surface area contributed by atoms with E-state index in [1.54, 1.807) is 13.8 Å². The van der Waals surface area contributed by atoms with Crippen molar-refractivity contribution < 1.29 is 8.42 Å². The summed E-state index contributed by atoms with van der Waals surface area (Å²) in [6, 6.07) is 5.87. The number of nitriles is 1. The van der Waals surface area contributed by atoms with Crippen molar-refractivity contribution in [2.24, 2.45) is 0 Å². The van der Waals surface area contributed by atoms with Gasteiger partial charge in [-0.3, -0.25) is 0 Å². The van der Waals surface area contributed by atoms with E-state index in [1.165, 1.54) is 29.6 Å². The van der Waals surface area contributed by atoms with Crippen LogP contribution in [0.1, 0.15) is 19.4 Å². The van der Waals surface area contributed by atoms with Crippen molar-refractivity contribution in [2.75, 3.05) is 12.8 Å². The number of nitrogens with two attached hydrogens (primary N) is 1. The molecule has 1 aromatic rings. The highest BCUT2D eigenvalue weighted by atomic mass is 32.2. The molecule has 0 fully saturated rings. The van der Waals surface area contributed by atoms with Crippen LogP contribution in [0.4, 0.5) is 5.69 Å². The monoisotopic (exact) mass is 253 g/mol. The number of hydrogen-bond acceptors (Lipinski definition) is 4. The van der Waals surface area contributed by atoms with Crippen LogP contribution in [0.25, 0.3) is 0 Å². The molecular weight excluding hydrogens is 238 g/mol. The zero-order valence-corrected chi connectivity index (χ0v) is 10.8. The molecular formula is C11H15N3O2S. The molecule has 0 saturated carbocycles. The van der Waals surface area contributed by atoms with E-state index < -0.39 is 10.0 Å². The minimum Gasteiger partial charge on any atom is -0.399 e. The average molecular weight is 253 g/mol. The third kappa shape index (κ3) is 2.57. The first kappa shape index (κ1) is 13.5. The summed E-state index contributed by atoms with van der Waals surface area (Å²) in [5, 5.41) is 8.94. The van der Waals surface area contributed by atoms with Crippen LogP contribution in [0.5, 0.6) is 0 Å². The van der Waals surface area contributed by atoms with Gasteiger partial charge >= 0.3 is 0 Å². The number of hydrogen-bond donors (Lipinski definition) is 1. The third-order valence-electron chi connectivity index (χ3n) is 2.51. The molecule has 0 aromatic heterocycles. The summed E-state index contributed by atoms with van der Waals surface area (Å²) in [6.45, 7) is 3.53. The normalized spacial score (nSPS) is 11.8. The maximum absolute atomic E-state index is 12.2. The molecule has 0 aliphatic rings. The Morgan fingerprint density at radius 1 is 1.41 bits per heavy atom. The quantitative estimate of drug-likeness (QED) is 0.819. The lowest BCUT2D eigenvalue weighted by molar-refractivity contribution is 0.410. The lowest BCUT2D eigenvalue weighted by Gasteiger charge is -2.21. The van der Waals surface area contributed by atoms with Gasteiger partial charge in [0.15, 0.2) is 0 Å². The topological polar surface area (TPSA) is 87.2 Å². The first-order chi connectivity index (χ1) is 7.80. The van der Waals surface area contributed by atoms with E-state index in [1.807, 2.05) is 6.07 Å². The van der Waals surface area contributed by atoms with Crippen LogP contribution in [0.15, 0.2) is 23.1 Å². The van der Waals surface area contributed by atoms with Gasteiger partial charge < -0.3 is 5.73 Å². The molecule has 0 bridgehead atoms. The number of rotatable bonds is 3. The van der Waals surface area contributed by atoms with E-state index in [0.29, 0.717) is 5.69 Å². The highest BCUT2D eigenvalue weighted by molar-refractivity contribution is 7.89. The fraction of sp³-hybridized carbons (Fsp3) is 0.364. The Labute approximate surface area is 102 Å². The predicted molar refractivity (Wildman–Crippen MR) is 65.7 cm³/mol. The zero-order valence-electron chi connectivity index (χ0n) is 10.0. The first-order valence-electron chi connectivity index (χ1n) is 5.08. The maximum Gasteiger partial charge on any atom is 0.244 e. The molecule has 0 radical (unpaired) electrons. The first-order valence-corrected chi connectivity index (χ1v) is 6.52. The molecule has 92 valence electrons. The average Bonchev–Trinajstić information content (AvgIpc) is 2.27. The van der Waals surface area contributed by atoms with Crippen molar-refractivity contribution in [3.8, 4) is 6.07 Å². The Morgan fingerprint density at radius 2 is 2.00 bits per heavy atom. The van der Waals surface area contributed by atoms with Gasteiger partial charge in [-0.05, 0) is 32.0 Å². The van der Waals surface area contributed by atoms with Crippen LogP contribution < -0.4 is 5.73 Å². The SMILES string of the molecule is CC(C)N(C)S(=O)(=O)c1ccc(N)cc1C#N. The summed E-state index contributed by atoms with van der Waals surface area (Å²) in [4.78, 5) is -0.00889. The van der Waals surface area contributed by atoms with Gasteiger partial charge in [-0.2, -0.15) is 9.57 Å². The molecule has 17 heavy (non-hydrogen) atoms. The highest BCUT2D eigenvalue weighted by Gasteiger charge is 2.25. The van der Waals surface area contributed by atoms with Crippen molar-refractivity contribution in [1.29, 1.82) is 5.26 Å². The molecule has 0 unspecified atom stereocenters. The summed E-state index contributed by atoms with van der Waals surface area (Å²) in [6.07, 6.45) is 0. The molecule has 0 spiro atoms. The predicted octanol–water partition coefficient (Wildman–Crippen LogP) is 1.17. The maximum atomic E-state index is 12.2. The smallest absolute Gasteiger partial charge is 0.244 e. The van der Waals surface area contributed by atoms with Crippen molar-refractivity contribution in [3.05, 3.63) is 23.8 Å². The number of benzene rings is 1. The van der Waals surface area contributed by atoms with E-state index in [0.717, 1.165) is 0 Å². The lowest BCUT2D eigenvalue weighted by atomic mass is 10.2. The summed E-state index contributed by atoms with van der Waals surface area (Å²) in [5.41, 5.74) is 5.96. The molecule has 0 amide bonds. The Morgan fingerprint density at radius 3 is 2.47 bits per heavy atom. The van der Waals surface area contributed by atoms with Crippen LogP contribution >= 0.6 is 0 Å². The van der Waals surface area contributed by atoms with Crippen molar-refractivity contribution >= 4 is 15.7 Å². The Bertz CT molecular complexity index is 559. The van der Waals surface area contributed by atoms with E-state index in [2.05, 4.69) is 0 Å². The minimum absolute atomic E-state index is 0.00889. The van der Waals surface area contributed by atoms with Gasteiger partial charge in [-0.25, -0.2) is 8.42 Å². The fourth-order valence-electron chi connectivity index (χ4n) is 1.29. The number of nitrogens with zero attached hydrogens (tertiary/aromatic N) is 2. The molecule has 2 N–H and O–H groups in total. The summed E-state index contributed by atoms with van der Waals surface area (Å²) in [7, 11) is -2.16. The van der Waals surface area contributed by atoms with Crippen LogP contribution in [0.2, 0.25) is 0 Å². The molecule has 1 aromatic carbocycles. The van der Waals surface area contributed by atoms with Gasteiger partial charge in [0.2, 0.25) is 10.0 Å². The highest BCUT2D eigenvalue weighted by Crippen LogP contribution is 2.22. The van der Waals surface area contributed by atoms with E-state index in [9.17, 15) is 8.42 Å². The summed E-state index contributed by atoms with van der Waals surface area (Å²) < 4.78 is 25.6. The van der Waals surface area contributed by atoms with Crippen molar-refractivity contribution in [2.45, 2.75) is 24.8 Å². The molecule has 0 heterocycles. The van der Waals surface area contributed by atoms with Gasteiger partial charge in [-0.1, -0.05) is 0 Å². The van der Waals surface area contributed by atoms with E-state index >= 15 is 0 Å². The Balaban J connectivity index is 3.40. The molecule has 0 saturated heterocycles. The van der Waals surface area contributed by atoms with Gasteiger partial charge in [-0.15, -0.1) is 0 Å². The zero-order chi connectivity index (χ0) is 13.2. The van der Waals surface area contributed by atoms with Crippen molar-refractivity contribution in [1.82, 2.24) is 4.31 Å². The van der Waals surface area contributed by atoms with Gasteiger partial charge in [0.05, 0.1) is 5.56 Å². The second-order valence-corrected chi connectivity index (χ2v) is 5.95. The second-order valence-electron chi connectivity index (χ2n) is 3.98. The minimum atomic E-state index is -3.64. The van der Waals surface area contributed by atoms with Crippen LogP contribution in [0, 0.1) is 11.3 Å². The van der Waals surface area contributed by atoms with Crippen molar-refractivity contribution in [3.63, 3.8) is 0 Å². The van der Waals surface area contributed by atoms with Crippen LogP contribution in [-0.2, 0) is 10.0 Å². The third-order valence-corrected chi connectivity index (χ3v) is 4.60. The Kier molecular flexibility index (Phi) is 3.76. The number of sulfonamides is 1. The fourth-order valence-corrected chi connectivity index (χ4v) is 2.78. The van der Waals surface area contributed by atoms with E-state index in [4.69, 9.17) is 11.0 Å². The standard InChI is InChI=1S/C11H15N3O2S/c1-8(2)14(3)17(15,16)11-5-4-10(13)6-9(11)7-12/h4-6,8H,13H2,1-3H3. The van der Waals surface area contributed by atoms with Gasteiger partial charge in [0.25, 0.3) is 0 Å². The van der Waals surface area contributed by atoms with Crippen LogP contribution in [-0.4, -0.2) is 25.8 Å². The Hall–Kier alpha value is -1.58. The number of anilines is 1. The molecule has 1 rings (SSSR count). The largest absolute Gasteiger partial charge is 0.399 e. The van der Waals surface area contributed by atoms with Gasteiger partial charge in [0, 0.05) is 18.8 Å². The number of nitrogen functional groups attached to an aromatic ring is 1. The van der Waals surface area contributed by atoms with Gasteiger partial charge in [0.1, 0.15) is 11.0 Å². The van der Waals surface area contributed by atoms with Crippen LogP contribution in [0.3, 0.4) is 0 Å². The lowest BCUT2D eigenvalue weighted by Crippen LogP contribution is -2.33.